The number of rotatable bonds is 3. The molecule has 1 atom stereocenters. The lowest BCUT2D eigenvalue weighted by Crippen LogP contribution is -2.49. The number of aromatic nitrogens is 2. The molecule has 1 heterocycles. The van der Waals surface area contributed by atoms with E-state index in [-0.39, 0.29) is 0 Å². The summed E-state index contributed by atoms with van der Waals surface area (Å²) in [6, 6.07) is 1.70. The quantitative estimate of drug-likeness (QED) is 0.782. The van der Waals surface area contributed by atoms with Crippen LogP contribution in [0.3, 0.4) is 0 Å². The standard InChI is InChI=1S/C13H21N3O3/c1-12(2,3)19-11(18)15(5)13(4,9-17)10-7-8-14-16(10)6/h7-9H,1-6H3. The predicted molar refractivity (Wildman–Crippen MR) is 70.6 cm³/mol. The first-order chi connectivity index (χ1) is 8.62. The minimum absolute atomic E-state index is 0.552. The lowest BCUT2D eigenvalue weighted by atomic mass is 9.98. The highest BCUT2D eigenvalue weighted by Crippen LogP contribution is 2.26. The molecule has 19 heavy (non-hydrogen) atoms. The highest BCUT2D eigenvalue weighted by molar-refractivity contribution is 5.77. The van der Waals surface area contributed by atoms with Crippen LogP contribution >= 0.6 is 0 Å². The normalized spacial score (nSPS) is 14.6. The Hall–Kier alpha value is -1.85. The third kappa shape index (κ3) is 3.13. The Morgan fingerprint density at radius 1 is 1.42 bits per heavy atom. The Kier molecular flexibility index (Phi) is 4.03. The van der Waals surface area contributed by atoms with E-state index in [9.17, 15) is 9.59 Å². The van der Waals surface area contributed by atoms with Gasteiger partial charge < -0.3 is 9.53 Å². The summed E-state index contributed by atoms with van der Waals surface area (Å²) < 4.78 is 6.85. The lowest BCUT2D eigenvalue weighted by Gasteiger charge is -2.35. The maximum Gasteiger partial charge on any atom is 0.411 e. The van der Waals surface area contributed by atoms with Gasteiger partial charge in [-0.25, -0.2) is 4.79 Å². The Bertz CT molecular complexity index is 476. The molecule has 0 aliphatic heterocycles. The topological polar surface area (TPSA) is 64.4 Å². The summed E-state index contributed by atoms with van der Waals surface area (Å²) in [6.45, 7) is 6.99. The van der Waals surface area contributed by atoms with Crippen molar-refractivity contribution in [2.75, 3.05) is 7.05 Å². The van der Waals surface area contributed by atoms with Gasteiger partial charge in [-0.15, -0.1) is 0 Å². The van der Waals surface area contributed by atoms with Crippen LogP contribution in [-0.2, 0) is 22.1 Å². The Balaban J connectivity index is 3.06. The van der Waals surface area contributed by atoms with Gasteiger partial charge in [-0.05, 0) is 33.8 Å². The van der Waals surface area contributed by atoms with Crippen LogP contribution < -0.4 is 0 Å². The zero-order valence-corrected chi connectivity index (χ0v) is 12.3. The van der Waals surface area contributed by atoms with Gasteiger partial charge in [0.25, 0.3) is 0 Å². The van der Waals surface area contributed by atoms with Gasteiger partial charge in [0.1, 0.15) is 11.1 Å². The summed E-state index contributed by atoms with van der Waals surface area (Å²) in [6.07, 6.45) is 1.75. The number of aldehydes is 1. The van der Waals surface area contributed by atoms with E-state index in [2.05, 4.69) is 5.10 Å². The Morgan fingerprint density at radius 2 is 2.00 bits per heavy atom. The molecule has 0 radical (unpaired) electrons. The second-order valence-electron chi connectivity index (χ2n) is 5.64. The maximum absolute atomic E-state index is 12.1. The Labute approximate surface area is 113 Å². The van der Waals surface area contributed by atoms with Gasteiger partial charge in [0.2, 0.25) is 0 Å². The average Bonchev–Trinajstić information content (AvgIpc) is 2.71. The fraction of sp³-hybridized carbons (Fsp3) is 0.615. The van der Waals surface area contributed by atoms with Crippen LogP contribution in [0.5, 0.6) is 0 Å². The summed E-state index contributed by atoms with van der Waals surface area (Å²) in [7, 11) is 3.26. The number of hydrogen-bond acceptors (Lipinski definition) is 4. The summed E-state index contributed by atoms with van der Waals surface area (Å²) in [4.78, 5) is 24.9. The first kappa shape index (κ1) is 15.2. The molecule has 0 bridgehead atoms. The van der Waals surface area contributed by atoms with Crippen molar-refractivity contribution in [2.45, 2.75) is 38.8 Å². The molecular formula is C13H21N3O3. The molecule has 0 aliphatic rings. The molecule has 0 saturated heterocycles. The summed E-state index contributed by atoms with van der Waals surface area (Å²) in [5.41, 5.74) is -1.11. The monoisotopic (exact) mass is 267 g/mol. The molecule has 1 aromatic rings. The van der Waals surface area contributed by atoms with Gasteiger partial charge in [0.05, 0.1) is 5.69 Å². The van der Waals surface area contributed by atoms with E-state index in [4.69, 9.17) is 4.74 Å². The molecule has 0 aromatic carbocycles. The van der Waals surface area contributed by atoms with E-state index in [0.29, 0.717) is 12.0 Å². The average molecular weight is 267 g/mol. The van der Waals surface area contributed by atoms with Crippen LogP contribution in [0.2, 0.25) is 0 Å². The number of carbonyl (C=O) groups is 2. The van der Waals surface area contributed by atoms with Crippen LogP contribution in [-0.4, -0.2) is 39.7 Å². The number of likely N-dealkylation sites (N-methyl/N-ethyl adjacent to an activating group) is 1. The number of amides is 1. The third-order valence-corrected chi connectivity index (χ3v) is 2.93. The van der Waals surface area contributed by atoms with Crippen molar-refractivity contribution in [1.82, 2.24) is 14.7 Å². The number of hydrogen-bond donors (Lipinski definition) is 0. The van der Waals surface area contributed by atoms with Crippen molar-refractivity contribution in [3.63, 3.8) is 0 Å². The van der Waals surface area contributed by atoms with E-state index >= 15 is 0 Å². The highest BCUT2D eigenvalue weighted by atomic mass is 16.6. The maximum atomic E-state index is 12.1. The molecule has 0 spiro atoms. The molecule has 1 unspecified atom stereocenters. The van der Waals surface area contributed by atoms with Crippen LogP contribution in [0.1, 0.15) is 33.4 Å². The zero-order chi connectivity index (χ0) is 14.8. The summed E-state index contributed by atoms with van der Waals surface area (Å²) >= 11 is 0. The summed E-state index contributed by atoms with van der Waals surface area (Å²) in [5.74, 6) is 0. The van der Waals surface area contributed by atoms with Crippen LogP contribution in [0.25, 0.3) is 0 Å². The van der Waals surface area contributed by atoms with Gasteiger partial charge in [0, 0.05) is 20.3 Å². The number of ether oxygens (including phenoxy) is 1. The van der Waals surface area contributed by atoms with E-state index in [0.717, 1.165) is 0 Å². The van der Waals surface area contributed by atoms with Crippen LogP contribution in [0.4, 0.5) is 4.79 Å². The van der Waals surface area contributed by atoms with Crippen molar-refractivity contribution < 1.29 is 14.3 Å². The van der Waals surface area contributed by atoms with Crippen molar-refractivity contribution in [1.29, 1.82) is 0 Å². The molecule has 0 saturated carbocycles. The van der Waals surface area contributed by atoms with Crippen molar-refractivity contribution in [3.8, 4) is 0 Å². The molecule has 0 fully saturated rings. The number of aryl methyl sites for hydroxylation is 1. The molecule has 6 nitrogen and oxygen atoms in total. The van der Waals surface area contributed by atoms with Crippen molar-refractivity contribution in [3.05, 3.63) is 18.0 Å². The molecule has 1 aromatic heterocycles. The molecule has 0 N–H and O–H groups in total. The lowest BCUT2D eigenvalue weighted by molar-refractivity contribution is -0.117. The first-order valence-electron chi connectivity index (χ1n) is 6.03. The molecule has 106 valence electrons. The van der Waals surface area contributed by atoms with Crippen molar-refractivity contribution >= 4 is 12.4 Å². The smallest absolute Gasteiger partial charge is 0.411 e. The molecule has 1 amide bonds. The zero-order valence-electron chi connectivity index (χ0n) is 12.3. The molecule has 0 aliphatic carbocycles. The predicted octanol–water partition coefficient (Wildman–Crippen LogP) is 1.70. The highest BCUT2D eigenvalue weighted by Gasteiger charge is 2.38. The van der Waals surface area contributed by atoms with E-state index in [1.54, 1.807) is 51.7 Å². The fourth-order valence-electron chi connectivity index (χ4n) is 1.70. The van der Waals surface area contributed by atoms with Gasteiger partial charge in [-0.2, -0.15) is 5.10 Å². The largest absolute Gasteiger partial charge is 0.444 e. The van der Waals surface area contributed by atoms with Gasteiger partial charge in [0.15, 0.2) is 6.29 Å². The number of carbonyl (C=O) groups excluding carboxylic acids is 2. The Morgan fingerprint density at radius 3 is 2.37 bits per heavy atom. The molecular weight excluding hydrogens is 246 g/mol. The van der Waals surface area contributed by atoms with E-state index in [1.165, 1.54) is 11.9 Å². The number of nitrogens with zero attached hydrogens (tertiary/aromatic N) is 3. The molecule has 1 rings (SSSR count). The first-order valence-corrected chi connectivity index (χ1v) is 6.03. The van der Waals surface area contributed by atoms with Gasteiger partial charge in [-0.3, -0.25) is 9.58 Å². The van der Waals surface area contributed by atoms with Crippen molar-refractivity contribution in [2.24, 2.45) is 7.05 Å². The second-order valence-corrected chi connectivity index (χ2v) is 5.64. The van der Waals surface area contributed by atoms with E-state index < -0.39 is 17.2 Å². The summed E-state index contributed by atoms with van der Waals surface area (Å²) in [5, 5.41) is 4.03. The minimum Gasteiger partial charge on any atom is -0.444 e. The van der Waals surface area contributed by atoms with Crippen LogP contribution in [0, 0.1) is 0 Å². The SMILES string of the molecule is CN(C(=O)OC(C)(C)C)C(C)(C=O)c1ccnn1C. The third-order valence-electron chi connectivity index (χ3n) is 2.93. The fourth-order valence-corrected chi connectivity index (χ4v) is 1.70. The van der Waals surface area contributed by atoms with Crippen LogP contribution in [0.15, 0.2) is 12.3 Å². The minimum atomic E-state index is -1.12. The second kappa shape index (κ2) is 5.03. The molecule has 6 heteroatoms. The van der Waals surface area contributed by atoms with Gasteiger partial charge in [-0.1, -0.05) is 0 Å². The van der Waals surface area contributed by atoms with E-state index in [1.807, 2.05) is 0 Å². The van der Waals surface area contributed by atoms with Gasteiger partial charge >= 0.3 is 6.09 Å².